The molecule has 1 aliphatic carbocycles. The molecule has 0 radical (unpaired) electrons. The fraction of sp³-hybridized carbons (Fsp3) is 1.00. The molecule has 0 saturated heterocycles. The normalized spacial score (nSPS) is 29.2. The van der Waals surface area contributed by atoms with Gasteiger partial charge in [0.1, 0.15) is 0 Å². The molecular weight excluding hydrogens is 192 g/mol. The molecule has 0 amide bonds. The molecule has 0 aliphatic heterocycles. The minimum Gasteiger partial charge on any atom is -0.0651 e. The Kier molecular flexibility index (Phi) is 7.16. The summed E-state index contributed by atoms with van der Waals surface area (Å²) < 4.78 is 0. The predicted molar refractivity (Wildman–Crippen MR) is 73.7 cm³/mol. The van der Waals surface area contributed by atoms with Crippen molar-refractivity contribution >= 4 is 0 Å². The molecule has 16 heavy (non-hydrogen) atoms. The first-order valence-electron chi connectivity index (χ1n) is 7.79. The fourth-order valence-corrected chi connectivity index (χ4v) is 3.65. The van der Waals surface area contributed by atoms with Crippen LogP contribution in [0.1, 0.15) is 85.0 Å². The van der Waals surface area contributed by atoms with Crippen LogP contribution in [0.3, 0.4) is 0 Å². The topological polar surface area (TPSA) is 0 Å². The maximum absolute atomic E-state index is 2.52. The summed E-state index contributed by atoms with van der Waals surface area (Å²) in [5.41, 5.74) is 0. The van der Waals surface area contributed by atoms with E-state index < -0.39 is 0 Å². The van der Waals surface area contributed by atoms with Crippen LogP contribution in [0.25, 0.3) is 0 Å². The van der Waals surface area contributed by atoms with Gasteiger partial charge in [-0.3, -0.25) is 0 Å². The zero-order chi connectivity index (χ0) is 11.8. The van der Waals surface area contributed by atoms with Crippen LogP contribution < -0.4 is 0 Å². The fourth-order valence-electron chi connectivity index (χ4n) is 3.65. The Morgan fingerprint density at radius 2 is 1.31 bits per heavy atom. The van der Waals surface area contributed by atoms with E-state index in [0.717, 1.165) is 17.8 Å². The van der Waals surface area contributed by atoms with Crippen LogP contribution in [0.2, 0.25) is 0 Å². The number of hydrogen-bond acceptors (Lipinski definition) is 0. The molecule has 0 heteroatoms. The lowest BCUT2D eigenvalue weighted by Gasteiger charge is -2.31. The highest BCUT2D eigenvalue weighted by molar-refractivity contribution is 4.74. The van der Waals surface area contributed by atoms with Crippen LogP contribution in [0.5, 0.6) is 0 Å². The average Bonchev–Trinajstić information content (AvgIpc) is 2.31. The lowest BCUT2D eigenvalue weighted by molar-refractivity contribution is 0.191. The first-order valence-corrected chi connectivity index (χ1v) is 7.79. The van der Waals surface area contributed by atoms with E-state index in [9.17, 15) is 0 Å². The summed E-state index contributed by atoms with van der Waals surface area (Å²) in [5.74, 6) is 2.99. The van der Waals surface area contributed by atoms with Gasteiger partial charge in [0.05, 0.1) is 0 Å². The highest BCUT2D eigenvalue weighted by Crippen LogP contribution is 2.34. The second-order valence-electron chi connectivity index (χ2n) is 5.92. The molecule has 0 aromatic carbocycles. The van der Waals surface area contributed by atoms with E-state index in [0.29, 0.717) is 0 Å². The molecule has 1 aliphatic rings. The number of hydrogen-bond donors (Lipinski definition) is 0. The highest BCUT2D eigenvalue weighted by atomic mass is 14.3. The summed E-state index contributed by atoms with van der Waals surface area (Å²) in [4.78, 5) is 0. The van der Waals surface area contributed by atoms with Crippen molar-refractivity contribution < 1.29 is 0 Å². The van der Waals surface area contributed by atoms with Crippen molar-refractivity contribution in [3.63, 3.8) is 0 Å². The highest BCUT2D eigenvalue weighted by Gasteiger charge is 2.24. The van der Waals surface area contributed by atoms with Gasteiger partial charge in [0.2, 0.25) is 0 Å². The monoisotopic (exact) mass is 224 g/mol. The standard InChI is InChI=1S/C16H32/c1-4-15(5-2)16-13-11-9-7-6-8-10-12-14(16)3/h14-16H,4-13H2,1-3H3. The lowest BCUT2D eigenvalue weighted by Crippen LogP contribution is -2.21. The molecule has 1 rings (SSSR count). The molecule has 1 fully saturated rings. The third-order valence-corrected chi connectivity index (χ3v) is 4.83. The molecule has 0 bridgehead atoms. The van der Waals surface area contributed by atoms with Gasteiger partial charge < -0.3 is 0 Å². The third kappa shape index (κ3) is 4.47. The molecule has 0 nitrogen and oxygen atoms in total. The largest absolute Gasteiger partial charge is 0.0651 e. The van der Waals surface area contributed by atoms with Gasteiger partial charge in [-0.15, -0.1) is 0 Å². The van der Waals surface area contributed by atoms with Gasteiger partial charge in [0.15, 0.2) is 0 Å². The van der Waals surface area contributed by atoms with Crippen molar-refractivity contribution in [2.75, 3.05) is 0 Å². The Morgan fingerprint density at radius 3 is 1.88 bits per heavy atom. The van der Waals surface area contributed by atoms with E-state index in [1.165, 1.54) is 64.2 Å². The van der Waals surface area contributed by atoms with Gasteiger partial charge in [0, 0.05) is 0 Å². The molecule has 1 saturated carbocycles. The minimum atomic E-state index is 0.975. The molecular formula is C16H32. The summed E-state index contributed by atoms with van der Waals surface area (Å²) in [6.07, 6.45) is 14.7. The van der Waals surface area contributed by atoms with E-state index in [1.807, 2.05) is 0 Å². The molecule has 2 atom stereocenters. The molecule has 0 aromatic heterocycles. The van der Waals surface area contributed by atoms with E-state index in [1.54, 1.807) is 0 Å². The van der Waals surface area contributed by atoms with Crippen LogP contribution >= 0.6 is 0 Å². The summed E-state index contributed by atoms with van der Waals surface area (Å²) in [7, 11) is 0. The Morgan fingerprint density at radius 1 is 0.812 bits per heavy atom. The second kappa shape index (κ2) is 8.14. The Bertz CT molecular complexity index is 157. The van der Waals surface area contributed by atoms with E-state index in [-0.39, 0.29) is 0 Å². The molecule has 2 unspecified atom stereocenters. The van der Waals surface area contributed by atoms with Gasteiger partial charge in [-0.25, -0.2) is 0 Å². The molecule has 0 spiro atoms. The van der Waals surface area contributed by atoms with Gasteiger partial charge >= 0.3 is 0 Å². The Labute approximate surface area is 103 Å². The van der Waals surface area contributed by atoms with E-state index >= 15 is 0 Å². The zero-order valence-electron chi connectivity index (χ0n) is 11.8. The first kappa shape index (κ1) is 14.1. The third-order valence-electron chi connectivity index (χ3n) is 4.83. The molecule has 96 valence electrons. The van der Waals surface area contributed by atoms with Crippen molar-refractivity contribution in [1.82, 2.24) is 0 Å². The van der Waals surface area contributed by atoms with Crippen molar-refractivity contribution in [2.24, 2.45) is 17.8 Å². The summed E-state index contributed by atoms with van der Waals surface area (Å²) in [6.45, 7) is 7.30. The van der Waals surface area contributed by atoms with Gasteiger partial charge in [-0.2, -0.15) is 0 Å². The van der Waals surface area contributed by atoms with Gasteiger partial charge in [0.25, 0.3) is 0 Å². The van der Waals surface area contributed by atoms with Gasteiger partial charge in [-0.1, -0.05) is 78.6 Å². The molecule has 0 heterocycles. The van der Waals surface area contributed by atoms with Crippen LogP contribution in [0.15, 0.2) is 0 Å². The lowest BCUT2D eigenvalue weighted by atomic mass is 9.74. The van der Waals surface area contributed by atoms with Crippen molar-refractivity contribution in [3.8, 4) is 0 Å². The van der Waals surface area contributed by atoms with Crippen LogP contribution in [-0.2, 0) is 0 Å². The number of rotatable bonds is 3. The predicted octanol–water partition coefficient (Wildman–Crippen LogP) is 5.81. The summed E-state index contributed by atoms with van der Waals surface area (Å²) in [5, 5.41) is 0. The van der Waals surface area contributed by atoms with Crippen molar-refractivity contribution in [1.29, 1.82) is 0 Å². The molecule has 0 N–H and O–H groups in total. The van der Waals surface area contributed by atoms with Crippen LogP contribution in [0.4, 0.5) is 0 Å². The van der Waals surface area contributed by atoms with Crippen molar-refractivity contribution in [3.05, 3.63) is 0 Å². The quantitative estimate of drug-likeness (QED) is 0.567. The Balaban J connectivity index is 2.52. The zero-order valence-corrected chi connectivity index (χ0v) is 11.8. The first-order chi connectivity index (χ1) is 7.79. The second-order valence-corrected chi connectivity index (χ2v) is 5.92. The maximum atomic E-state index is 2.52. The maximum Gasteiger partial charge on any atom is -0.0360 e. The van der Waals surface area contributed by atoms with Gasteiger partial charge in [-0.05, 0) is 24.2 Å². The smallest absolute Gasteiger partial charge is 0.0360 e. The summed E-state index contributed by atoms with van der Waals surface area (Å²) >= 11 is 0. The minimum absolute atomic E-state index is 0.975. The van der Waals surface area contributed by atoms with Crippen LogP contribution in [-0.4, -0.2) is 0 Å². The summed E-state index contributed by atoms with van der Waals surface area (Å²) in [6, 6.07) is 0. The van der Waals surface area contributed by atoms with Crippen LogP contribution in [0, 0.1) is 17.8 Å². The van der Waals surface area contributed by atoms with E-state index in [4.69, 9.17) is 0 Å². The Hall–Kier alpha value is 0. The SMILES string of the molecule is CCC(CC)C1CCCCCCCCC1C. The molecule has 0 aromatic rings. The van der Waals surface area contributed by atoms with E-state index in [2.05, 4.69) is 20.8 Å². The van der Waals surface area contributed by atoms with Crippen molar-refractivity contribution in [2.45, 2.75) is 85.0 Å². The average molecular weight is 224 g/mol.